The number of rotatable bonds is 4. The number of hydrogen-bond acceptors (Lipinski definition) is 5. The van der Waals surface area contributed by atoms with E-state index < -0.39 is 37.8 Å². The number of aliphatic carboxylic acids is 1. The third kappa shape index (κ3) is 3.56. The highest BCUT2D eigenvalue weighted by Crippen LogP contribution is 2.30. The Hall–Kier alpha value is -1.45. The molecule has 0 aliphatic carbocycles. The Kier molecular flexibility index (Phi) is 4.84. The van der Waals surface area contributed by atoms with Gasteiger partial charge in [0.1, 0.15) is 0 Å². The molecule has 0 saturated carbocycles. The fraction of sp³-hybridized carbons (Fsp3) is 0.500. The second-order valence-electron chi connectivity index (χ2n) is 5.69. The second kappa shape index (κ2) is 6.21. The van der Waals surface area contributed by atoms with E-state index in [0.29, 0.717) is 12.8 Å². The van der Waals surface area contributed by atoms with Gasteiger partial charge in [0.2, 0.25) is 10.0 Å². The number of sulfonamides is 1. The lowest BCUT2D eigenvalue weighted by Gasteiger charge is -2.36. The zero-order valence-corrected chi connectivity index (χ0v) is 14.5. The topological polar surface area (TPSA) is 109 Å². The molecule has 23 heavy (non-hydrogen) atoms. The molecule has 1 aliphatic heterocycles. The van der Waals surface area contributed by atoms with Gasteiger partial charge in [-0.15, -0.1) is 0 Å². The van der Waals surface area contributed by atoms with Crippen molar-refractivity contribution in [3.63, 3.8) is 0 Å². The van der Waals surface area contributed by atoms with E-state index in [-0.39, 0.29) is 16.3 Å². The first kappa shape index (κ1) is 17.9. The summed E-state index contributed by atoms with van der Waals surface area (Å²) in [6.45, 7) is 1.78. The lowest BCUT2D eigenvalue weighted by molar-refractivity contribution is -0.144. The molecule has 9 heteroatoms. The zero-order chi connectivity index (χ0) is 17.4. The van der Waals surface area contributed by atoms with E-state index in [0.717, 1.165) is 16.6 Å². The number of carboxylic acid groups (broad SMARTS) is 1. The number of carboxylic acids is 1. The van der Waals surface area contributed by atoms with Gasteiger partial charge in [-0.1, -0.05) is 6.07 Å². The molecule has 1 aromatic rings. The van der Waals surface area contributed by atoms with Crippen LogP contribution < -0.4 is 0 Å². The highest BCUT2D eigenvalue weighted by atomic mass is 32.2. The van der Waals surface area contributed by atoms with Gasteiger partial charge in [-0.05, 0) is 38.0 Å². The van der Waals surface area contributed by atoms with Gasteiger partial charge in [-0.3, -0.25) is 4.79 Å². The molecule has 0 amide bonds. The van der Waals surface area contributed by atoms with Crippen LogP contribution >= 0.6 is 0 Å². The summed E-state index contributed by atoms with van der Waals surface area (Å²) in [5.74, 6) is -1.79. The normalized spacial score (nSPS) is 23.6. The van der Waals surface area contributed by atoms with Crippen LogP contribution in [0.1, 0.15) is 19.8 Å². The first-order valence-corrected chi connectivity index (χ1v) is 10.4. The number of sulfone groups is 1. The first-order valence-electron chi connectivity index (χ1n) is 7.10. The summed E-state index contributed by atoms with van der Waals surface area (Å²) in [5.41, 5.74) is 0. The third-order valence-electron chi connectivity index (χ3n) is 4.09. The van der Waals surface area contributed by atoms with E-state index in [1.54, 1.807) is 6.92 Å². The van der Waals surface area contributed by atoms with Crippen molar-refractivity contribution < 1.29 is 26.7 Å². The minimum Gasteiger partial charge on any atom is -0.481 e. The van der Waals surface area contributed by atoms with Gasteiger partial charge in [-0.25, -0.2) is 16.8 Å². The van der Waals surface area contributed by atoms with Crippen molar-refractivity contribution >= 4 is 25.8 Å². The monoisotopic (exact) mass is 361 g/mol. The Balaban J connectivity index is 2.44. The molecule has 7 nitrogen and oxygen atoms in total. The molecule has 1 aromatic carbocycles. The summed E-state index contributed by atoms with van der Waals surface area (Å²) < 4.78 is 49.9. The van der Waals surface area contributed by atoms with Crippen molar-refractivity contribution in [2.45, 2.75) is 35.6 Å². The average Bonchev–Trinajstić information content (AvgIpc) is 2.46. The fourth-order valence-electron chi connectivity index (χ4n) is 2.78. The van der Waals surface area contributed by atoms with Gasteiger partial charge in [0, 0.05) is 18.8 Å². The number of carbonyl (C=O) groups is 1. The molecule has 0 radical (unpaired) electrons. The van der Waals surface area contributed by atoms with Crippen molar-refractivity contribution in [1.29, 1.82) is 0 Å². The van der Waals surface area contributed by atoms with Gasteiger partial charge < -0.3 is 5.11 Å². The summed E-state index contributed by atoms with van der Waals surface area (Å²) in [7, 11) is -7.49. The Bertz CT molecular complexity index is 815. The van der Waals surface area contributed by atoms with Gasteiger partial charge in [0.15, 0.2) is 9.84 Å². The Morgan fingerprint density at radius 1 is 1.22 bits per heavy atom. The lowest BCUT2D eigenvalue weighted by atomic mass is 9.92. The maximum absolute atomic E-state index is 12.8. The van der Waals surface area contributed by atoms with Crippen LogP contribution in [0.3, 0.4) is 0 Å². The molecule has 1 heterocycles. The van der Waals surface area contributed by atoms with Crippen LogP contribution in [0.15, 0.2) is 34.1 Å². The number of benzene rings is 1. The third-order valence-corrected chi connectivity index (χ3v) is 7.18. The average molecular weight is 361 g/mol. The molecule has 2 rings (SSSR count). The smallest absolute Gasteiger partial charge is 0.308 e. The first-order chi connectivity index (χ1) is 10.5. The molecule has 1 fully saturated rings. The molecule has 2 atom stereocenters. The Labute approximate surface area is 135 Å². The molecular weight excluding hydrogens is 342 g/mol. The highest BCUT2D eigenvalue weighted by Gasteiger charge is 2.39. The molecule has 0 bridgehead atoms. The van der Waals surface area contributed by atoms with Gasteiger partial charge in [-0.2, -0.15) is 4.31 Å². The van der Waals surface area contributed by atoms with Crippen molar-refractivity contribution in [2.24, 2.45) is 5.92 Å². The number of piperidine rings is 1. The molecule has 1 saturated heterocycles. The van der Waals surface area contributed by atoms with Crippen LogP contribution in [0.25, 0.3) is 0 Å². The van der Waals surface area contributed by atoms with Crippen molar-refractivity contribution in [2.75, 3.05) is 12.8 Å². The quantitative estimate of drug-likeness (QED) is 0.856. The van der Waals surface area contributed by atoms with Crippen LogP contribution in [-0.2, 0) is 24.7 Å². The Morgan fingerprint density at radius 3 is 2.39 bits per heavy atom. The molecule has 0 aromatic heterocycles. The molecule has 1 N–H and O–H groups in total. The molecule has 0 spiro atoms. The SMILES string of the molecule is C[C@@H]1[C@H](C(=O)O)CCCN1S(=O)(=O)c1cccc(S(C)(=O)=O)c1. The predicted molar refractivity (Wildman–Crippen MR) is 83.3 cm³/mol. The zero-order valence-electron chi connectivity index (χ0n) is 12.8. The number of hydrogen-bond donors (Lipinski definition) is 1. The van der Waals surface area contributed by atoms with Crippen LogP contribution in [-0.4, -0.2) is 51.1 Å². The van der Waals surface area contributed by atoms with E-state index >= 15 is 0 Å². The minimum absolute atomic E-state index is 0.0852. The standard InChI is InChI=1S/C14H19NO6S2/c1-10-13(14(16)17)7-4-8-15(10)23(20,21)12-6-3-5-11(9-12)22(2,18)19/h3,5-6,9-10,13H,4,7-8H2,1-2H3,(H,16,17)/t10-,13-/m1/s1. The summed E-state index contributed by atoms with van der Waals surface area (Å²) >= 11 is 0. The van der Waals surface area contributed by atoms with E-state index in [1.807, 2.05) is 0 Å². The largest absolute Gasteiger partial charge is 0.481 e. The van der Waals surface area contributed by atoms with Crippen molar-refractivity contribution in [3.05, 3.63) is 24.3 Å². The van der Waals surface area contributed by atoms with Crippen molar-refractivity contribution in [1.82, 2.24) is 4.31 Å². The van der Waals surface area contributed by atoms with Crippen LogP contribution in [0.4, 0.5) is 0 Å². The van der Waals surface area contributed by atoms with E-state index in [4.69, 9.17) is 0 Å². The summed E-state index contributed by atoms with van der Waals surface area (Å²) in [4.78, 5) is 11.0. The van der Waals surface area contributed by atoms with Crippen LogP contribution in [0, 0.1) is 5.92 Å². The van der Waals surface area contributed by atoms with E-state index in [2.05, 4.69) is 0 Å². The maximum atomic E-state index is 12.8. The summed E-state index contributed by atoms with van der Waals surface area (Å²) in [6, 6.07) is 4.44. The fourth-order valence-corrected chi connectivity index (χ4v) is 5.27. The van der Waals surface area contributed by atoms with Gasteiger partial charge in [0.25, 0.3) is 0 Å². The lowest BCUT2D eigenvalue weighted by Crippen LogP contribution is -2.48. The molecule has 0 unspecified atom stereocenters. The molecule has 128 valence electrons. The van der Waals surface area contributed by atoms with Gasteiger partial charge >= 0.3 is 5.97 Å². The summed E-state index contributed by atoms with van der Waals surface area (Å²) in [5, 5.41) is 9.21. The highest BCUT2D eigenvalue weighted by molar-refractivity contribution is 7.91. The Morgan fingerprint density at radius 2 is 1.83 bits per heavy atom. The predicted octanol–water partition coefficient (Wildman–Crippen LogP) is 0.964. The number of nitrogens with zero attached hydrogens (tertiary/aromatic N) is 1. The maximum Gasteiger partial charge on any atom is 0.308 e. The molecular formula is C14H19NO6S2. The van der Waals surface area contributed by atoms with E-state index in [1.165, 1.54) is 18.2 Å². The van der Waals surface area contributed by atoms with Gasteiger partial charge in [0.05, 0.1) is 15.7 Å². The van der Waals surface area contributed by atoms with E-state index in [9.17, 15) is 26.7 Å². The summed E-state index contributed by atoms with van der Waals surface area (Å²) in [6.07, 6.45) is 1.88. The second-order valence-corrected chi connectivity index (χ2v) is 9.60. The van der Waals surface area contributed by atoms with Crippen LogP contribution in [0.5, 0.6) is 0 Å². The minimum atomic E-state index is -3.95. The van der Waals surface area contributed by atoms with Crippen LogP contribution in [0.2, 0.25) is 0 Å². The molecule has 1 aliphatic rings. The van der Waals surface area contributed by atoms with Crippen molar-refractivity contribution in [3.8, 4) is 0 Å².